The molecule has 0 aromatic heterocycles. The number of alkyl halides is 3. The fraction of sp³-hybridized carbons (Fsp3) is 0.588. The second kappa shape index (κ2) is 8.53. The molecular weight excluding hydrogens is 339 g/mol. The molecule has 8 heteroatoms. The second-order valence-electron chi connectivity index (χ2n) is 6.78. The van der Waals surface area contributed by atoms with Crippen LogP contribution in [0.15, 0.2) is 24.3 Å². The van der Waals surface area contributed by atoms with Gasteiger partial charge in [0, 0.05) is 7.11 Å². The van der Waals surface area contributed by atoms with Gasteiger partial charge in [0.15, 0.2) is 0 Å². The summed E-state index contributed by atoms with van der Waals surface area (Å²) in [6.45, 7) is 5.47. The van der Waals surface area contributed by atoms with Gasteiger partial charge in [0.1, 0.15) is 5.75 Å². The van der Waals surface area contributed by atoms with Crippen LogP contribution in [0.3, 0.4) is 0 Å². The van der Waals surface area contributed by atoms with Crippen LogP contribution >= 0.6 is 0 Å². The maximum atomic E-state index is 12.3. The smallest absolute Gasteiger partial charge is 0.406 e. The number of amides is 1. The third kappa shape index (κ3) is 7.74. The van der Waals surface area contributed by atoms with Crippen molar-refractivity contribution in [2.24, 2.45) is 5.41 Å². The number of aliphatic hydroxyl groups excluding tert-OH is 1. The number of benzene rings is 1. The molecule has 1 aromatic carbocycles. The first-order valence-corrected chi connectivity index (χ1v) is 7.74. The fourth-order valence-electron chi connectivity index (χ4n) is 2.05. The summed E-state index contributed by atoms with van der Waals surface area (Å²) in [6, 6.07) is 4.66. The Bertz CT molecular complexity index is 570. The molecule has 0 aliphatic carbocycles. The van der Waals surface area contributed by atoms with E-state index in [1.807, 2.05) is 0 Å². The molecule has 1 aromatic rings. The summed E-state index contributed by atoms with van der Waals surface area (Å²) in [7, 11) is 1.42. The maximum Gasteiger partial charge on any atom is 0.573 e. The van der Waals surface area contributed by atoms with E-state index < -0.39 is 29.8 Å². The first-order valence-electron chi connectivity index (χ1n) is 7.74. The van der Waals surface area contributed by atoms with Crippen LogP contribution in [0.5, 0.6) is 5.75 Å². The fourth-order valence-corrected chi connectivity index (χ4v) is 2.05. The lowest BCUT2D eigenvalue weighted by atomic mass is 9.87. The first kappa shape index (κ1) is 21.2. The standard InChI is InChI=1S/C17H24F3NO4/c1-16(2,3)14(22)9-15(23)21-13(10-24-4)11-6-5-7-12(8-11)25-17(18,19)20/h5-8,13-14,22H,9-10H2,1-4H3,(H,21,23)/t13-,14-/m0/s1. The molecule has 0 unspecified atom stereocenters. The van der Waals surface area contributed by atoms with Crippen molar-refractivity contribution >= 4 is 5.91 Å². The Morgan fingerprint density at radius 3 is 2.44 bits per heavy atom. The number of halogens is 3. The second-order valence-corrected chi connectivity index (χ2v) is 6.78. The molecule has 142 valence electrons. The van der Waals surface area contributed by atoms with Crippen molar-refractivity contribution in [2.45, 2.75) is 45.7 Å². The molecule has 0 heterocycles. The number of ether oxygens (including phenoxy) is 2. The lowest BCUT2D eigenvalue weighted by Gasteiger charge is -2.26. The summed E-state index contributed by atoms with van der Waals surface area (Å²) in [4.78, 5) is 12.1. The van der Waals surface area contributed by atoms with Crippen molar-refractivity contribution in [1.29, 1.82) is 0 Å². The van der Waals surface area contributed by atoms with E-state index in [1.165, 1.54) is 25.3 Å². The SMILES string of the molecule is COC[C@H](NC(=O)C[C@H](O)C(C)(C)C)c1cccc(OC(F)(F)F)c1. The van der Waals surface area contributed by atoms with Crippen molar-refractivity contribution in [3.63, 3.8) is 0 Å². The lowest BCUT2D eigenvalue weighted by molar-refractivity contribution is -0.274. The molecular formula is C17H24F3NO4. The van der Waals surface area contributed by atoms with Crippen molar-refractivity contribution < 1.29 is 32.5 Å². The van der Waals surface area contributed by atoms with Crippen molar-refractivity contribution in [1.82, 2.24) is 5.32 Å². The minimum absolute atomic E-state index is 0.0623. The van der Waals surface area contributed by atoms with Gasteiger partial charge in [-0.15, -0.1) is 13.2 Å². The molecule has 0 fully saturated rings. The summed E-state index contributed by atoms with van der Waals surface area (Å²) >= 11 is 0. The summed E-state index contributed by atoms with van der Waals surface area (Å²) in [5, 5.41) is 12.7. The van der Waals surface area contributed by atoms with Crippen LogP contribution in [0.4, 0.5) is 13.2 Å². The highest BCUT2D eigenvalue weighted by Gasteiger charge is 2.31. The zero-order valence-corrected chi connectivity index (χ0v) is 14.7. The highest BCUT2D eigenvalue weighted by atomic mass is 19.4. The van der Waals surface area contributed by atoms with Gasteiger partial charge >= 0.3 is 6.36 Å². The topological polar surface area (TPSA) is 67.8 Å². The van der Waals surface area contributed by atoms with Gasteiger partial charge in [-0.1, -0.05) is 32.9 Å². The van der Waals surface area contributed by atoms with Gasteiger partial charge in [0.25, 0.3) is 0 Å². The zero-order valence-electron chi connectivity index (χ0n) is 14.7. The Labute approximate surface area is 145 Å². The van der Waals surface area contributed by atoms with Crippen LogP contribution in [-0.4, -0.2) is 37.2 Å². The molecule has 1 amide bonds. The lowest BCUT2D eigenvalue weighted by Crippen LogP contribution is -2.37. The number of carbonyl (C=O) groups excluding carboxylic acids is 1. The van der Waals surface area contributed by atoms with E-state index in [0.717, 1.165) is 0 Å². The summed E-state index contributed by atoms with van der Waals surface area (Å²) in [6.07, 6.45) is -5.77. The Balaban J connectivity index is 2.86. The Morgan fingerprint density at radius 2 is 1.92 bits per heavy atom. The summed E-state index contributed by atoms with van der Waals surface area (Å²) < 4.78 is 46.0. The molecule has 0 saturated carbocycles. The van der Waals surface area contributed by atoms with E-state index in [9.17, 15) is 23.1 Å². The monoisotopic (exact) mass is 363 g/mol. The van der Waals surface area contributed by atoms with Crippen molar-refractivity contribution in [2.75, 3.05) is 13.7 Å². The molecule has 0 spiro atoms. The Morgan fingerprint density at radius 1 is 1.28 bits per heavy atom. The van der Waals surface area contributed by atoms with Crippen LogP contribution in [0, 0.1) is 5.41 Å². The quantitative estimate of drug-likeness (QED) is 0.781. The normalized spacial score (nSPS) is 14.7. The first-order chi connectivity index (χ1) is 11.4. The summed E-state index contributed by atoms with van der Waals surface area (Å²) in [5.41, 5.74) is -0.0589. The molecule has 5 nitrogen and oxygen atoms in total. The van der Waals surface area contributed by atoms with E-state index in [0.29, 0.717) is 5.56 Å². The molecule has 0 radical (unpaired) electrons. The van der Waals surface area contributed by atoms with Crippen LogP contribution in [0.1, 0.15) is 38.8 Å². The highest BCUT2D eigenvalue weighted by molar-refractivity contribution is 5.77. The molecule has 0 saturated heterocycles. The average Bonchev–Trinajstić information content (AvgIpc) is 2.44. The Hall–Kier alpha value is -1.80. The minimum atomic E-state index is -4.80. The molecule has 0 aliphatic rings. The van der Waals surface area contributed by atoms with Gasteiger partial charge in [-0.3, -0.25) is 4.79 Å². The van der Waals surface area contributed by atoms with Crippen LogP contribution < -0.4 is 10.1 Å². The molecule has 25 heavy (non-hydrogen) atoms. The predicted molar refractivity (Wildman–Crippen MR) is 86.0 cm³/mol. The molecule has 0 bridgehead atoms. The number of carbonyl (C=O) groups is 1. The van der Waals surface area contributed by atoms with E-state index in [1.54, 1.807) is 26.8 Å². The van der Waals surface area contributed by atoms with E-state index in [2.05, 4.69) is 10.1 Å². The van der Waals surface area contributed by atoms with Crippen LogP contribution in [-0.2, 0) is 9.53 Å². The van der Waals surface area contributed by atoms with E-state index >= 15 is 0 Å². The number of hydrogen-bond acceptors (Lipinski definition) is 4. The summed E-state index contributed by atoms with van der Waals surface area (Å²) in [5.74, 6) is -0.804. The van der Waals surface area contributed by atoms with Gasteiger partial charge in [-0.25, -0.2) is 0 Å². The van der Waals surface area contributed by atoms with Gasteiger partial charge in [-0.2, -0.15) is 0 Å². The largest absolute Gasteiger partial charge is 0.573 e. The third-order valence-corrected chi connectivity index (χ3v) is 3.54. The van der Waals surface area contributed by atoms with Gasteiger partial charge in [0.05, 0.1) is 25.2 Å². The maximum absolute atomic E-state index is 12.3. The number of rotatable bonds is 7. The predicted octanol–water partition coefficient (Wildman–Crippen LogP) is 3.19. The third-order valence-electron chi connectivity index (χ3n) is 3.54. The number of aliphatic hydroxyl groups is 1. The minimum Gasteiger partial charge on any atom is -0.406 e. The Kier molecular flexibility index (Phi) is 7.25. The zero-order chi connectivity index (χ0) is 19.3. The molecule has 2 atom stereocenters. The van der Waals surface area contributed by atoms with Crippen molar-refractivity contribution in [3.05, 3.63) is 29.8 Å². The van der Waals surface area contributed by atoms with Crippen LogP contribution in [0.2, 0.25) is 0 Å². The van der Waals surface area contributed by atoms with E-state index in [-0.39, 0.29) is 18.8 Å². The molecule has 0 aliphatic heterocycles. The number of hydrogen-bond donors (Lipinski definition) is 2. The van der Waals surface area contributed by atoms with Gasteiger partial charge < -0.3 is 19.9 Å². The number of methoxy groups -OCH3 is 1. The van der Waals surface area contributed by atoms with Crippen molar-refractivity contribution in [3.8, 4) is 5.75 Å². The van der Waals surface area contributed by atoms with Gasteiger partial charge in [0.2, 0.25) is 5.91 Å². The number of nitrogens with one attached hydrogen (secondary N) is 1. The highest BCUT2D eigenvalue weighted by Crippen LogP contribution is 2.26. The van der Waals surface area contributed by atoms with Crippen LogP contribution in [0.25, 0.3) is 0 Å². The molecule has 2 N–H and O–H groups in total. The van der Waals surface area contributed by atoms with Gasteiger partial charge in [-0.05, 0) is 23.1 Å². The van der Waals surface area contributed by atoms with E-state index in [4.69, 9.17) is 4.74 Å². The average molecular weight is 363 g/mol. The molecule has 1 rings (SSSR count).